The van der Waals surface area contributed by atoms with Crippen molar-refractivity contribution in [2.75, 3.05) is 0 Å². The second-order valence-corrected chi connectivity index (χ2v) is 14.1. The molecule has 0 aliphatic rings. The summed E-state index contributed by atoms with van der Waals surface area (Å²) in [4.78, 5) is 25.7. The molecule has 0 aromatic heterocycles. The lowest BCUT2D eigenvalue weighted by Gasteiger charge is -2.18. The third-order valence-electron chi connectivity index (χ3n) is 4.48. The van der Waals surface area contributed by atoms with Crippen LogP contribution in [0.25, 0.3) is 0 Å². The Morgan fingerprint density at radius 1 is 0.829 bits per heavy atom. The van der Waals surface area contributed by atoms with Gasteiger partial charge in [0.1, 0.15) is 15.9 Å². The minimum atomic E-state index is -4.69. The first-order valence-electron chi connectivity index (χ1n) is 9.43. The third kappa shape index (κ3) is 8.07. The molecule has 1 atom stereocenters. The van der Waals surface area contributed by atoms with E-state index in [1.165, 1.54) is 12.1 Å². The van der Waals surface area contributed by atoms with Crippen LogP contribution in [0, 0.1) is 17.9 Å². The van der Waals surface area contributed by atoms with Crippen LogP contribution in [0.15, 0.2) is 59.5 Å². The molecular formula is C22H12I5O7S-. The highest BCUT2D eigenvalue weighted by Gasteiger charge is 2.28. The molecule has 0 saturated heterocycles. The Kier molecular flexibility index (Phi) is 10.9. The Balaban J connectivity index is 1.87. The summed E-state index contributed by atoms with van der Waals surface area (Å²) < 4.78 is 48.5. The number of hydrogen-bond donors (Lipinski definition) is 0. The van der Waals surface area contributed by atoms with Crippen molar-refractivity contribution >= 4 is 135 Å². The van der Waals surface area contributed by atoms with Gasteiger partial charge in [-0.15, -0.1) is 0 Å². The zero-order valence-electron chi connectivity index (χ0n) is 17.1. The lowest BCUT2D eigenvalue weighted by molar-refractivity contribution is -0.142. The predicted octanol–water partition coefficient (Wildman–Crippen LogP) is 6.30. The minimum Gasteiger partial charge on any atom is -0.744 e. The van der Waals surface area contributed by atoms with Crippen LogP contribution < -0.4 is 9.47 Å². The molecule has 0 radical (unpaired) electrons. The van der Waals surface area contributed by atoms with Crippen molar-refractivity contribution in [3.8, 4) is 11.5 Å². The van der Waals surface area contributed by atoms with Crippen LogP contribution in [0.5, 0.6) is 11.5 Å². The Labute approximate surface area is 269 Å². The number of benzene rings is 3. The van der Waals surface area contributed by atoms with Gasteiger partial charge in [-0.1, -0.05) is 30.3 Å². The van der Waals surface area contributed by atoms with Crippen LogP contribution in [0.1, 0.15) is 17.9 Å². The van der Waals surface area contributed by atoms with Crippen LogP contribution in [-0.2, 0) is 19.7 Å². The van der Waals surface area contributed by atoms with Crippen LogP contribution in [0.4, 0.5) is 0 Å². The highest BCUT2D eigenvalue weighted by molar-refractivity contribution is 14.1. The highest BCUT2D eigenvalue weighted by Crippen LogP contribution is 2.33. The van der Waals surface area contributed by atoms with E-state index < -0.39 is 28.0 Å². The molecule has 0 bridgehead atoms. The van der Waals surface area contributed by atoms with Gasteiger partial charge in [0.2, 0.25) is 0 Å². The molecule has 3 aromatic carbocycles. The average molecular weight is 1050 g/mol. The lowest BCUT2D eigenvalue weighted by atomic mass is 9.96. The fraction of sp³-hybridized carbons (Fsp3) is 0.0909. The summed E-state index contributed by atoms with van der Waals surface area (Å²) in [5.41, 5.74) is 0.560. The van der Waals surface area contributed by atoms with Crippen molar-refractivity contribution in [1.29, 1.82) is 0 Å². The third-order valence-corrected chi connectivity index (χ3v) is 10.1. The van der Waals surface area contributed by atoms with E-state index in [0.717, 1.165) is 10.7 Å². The molecule has 1 unspecified atom stereocenters. The number of carbonyl (C=O) groups excluding carboxylic acids is 2. The summed E-state index contributed by atoms with van der Waals surface area (Å²) in [5, 5.41) is 0. The zero-order valence-corrected chi connectivity index (χ0v) is 28.7. The van der Waals surface area contributed by atoms with Gasteiger partial charge in [0, 0.05) is 10.7 Å². The molecule has 0 amide bonds. The summed E-state index contributed by atoms with van der Waals surface area (Å²) in [6.45, 7) is 0. The largest absolute Gasteiger partial charge is 0.744 e. The Morgan fingerprint density at radius 3 is 1.89 bits per heavy atom. The number of carbonyl (C=O) groups is 2. The number of rotatable bonds is 7. The van der Waals surface area contributed by atoms with Gasteiger partial charge in [-0.25, -0.2) is 8.42 Å². The molecule has 0 N–H and O–H groups in total. The van der Waals surface area contributed by atoms with Crippen molar-refractivity contribution in [2.45, 2.75) is 17.2 Å². The Hall–Kier alpha value is 0.160. The first kappa shape index (κ1) is 29.7. The Bertz CT molecular complexity index is 1350. The Morgan fingerprint density at radius 2 is 1.37 bits per heavy atom. The molecule has 35 heavy (non-hydrogen) atoms. The van der Waals surface area contributed by atoms with Crippen molar-refractivity contribution in [1.82, 2.24) is 0 Å². The van der Waals surface area contributed by atoms with Crippen molar-refractivity contribution in [3.63, 3.8) is 0 Å². The maximum atomic E-state index is 13.2. The second-order valence-electron chi connectivity index (χ2n) is 6.93. The molecule has 7 nitrogen and oxygen atoms in total. The van der Waals surface area contributed by atoms with Gasteiger partial charge >= 0.3 is 11.9 Å². The summed E-state index contributed by atoms with van der Waals surface area (Å²) in [6.07, 6.45) is -0.276. The summed E-state index contributed by atoms with van der Waals surface area (Å²) in [6, 6.07) is 15.0. The quantitative estimate of drug-likeness (QED) is 0.118. The van der Waals surface area contributed by atoms with Crippen LogP contribution in [0.2, 0.25) is 0 Å². The standard InChI is InChI=1S/C22H13I5O7S/c23-12-6-15(24)20(16(25)7-12)34-19(28)10-14(11-4-2-1-3-5-11)22(29)33-13-8-17(26)21(18(27)9-13)35(30,31)32/h1-9,14H,10H2,(H,30,31,32)/p-1. The topological polar surface area (TPSA) is 110 Å². The van der Waals surface area contributed by atoms with E-state index in [2.05, 4.69) is 67.8 Å². The SMILES string of the molecule is O=C(CC(C(=O)Oc1cc(I)c(S(=O)(=O)[O-])c(I)c1)c1ccccc1)Oc1c(I)cc(I)cc1I. The van der Waals surface area contributed by atoms with E-state index in [1.807, 2.05) is 12.1 Å². The smallest absolute Gasteiger partial charge is 0.319 e. The highest BCUT2D eigenvalue weighted by atomic mass is 127. The molecule has 13 heteroatoms. The van der Waals surface area contributed by atoms with Crippen LogP contribution in [-0.4, -0.2) is 24.9 Å². The maximum absolute atomic E-state index is 13.2. The molecule has 0 spiro atoms. The van der Waals surface area contributed by atoms with Gasteiger partial charge in [0.25, 0.3) is 0 Å². The lowest BCUT2D eigenvalue weighted by Crippen LogP contribution is -2.24. The van der Waals surface area contributed by atoms with E-state index in [0.29, 0.717) is 11.3 Å². The van der Waals surface area contributed by atoms with Gasteiger partial charge in [-0.3, -0.25) is 9.59 Å². The molecule has 0 heterocycles. The number of ether oxygens (including phenoxy) is 2. The minimum absolute atomic E-state index is 0.0622. The van der Waals surface area contributed by atoms with Crippen molar-refractivity contribution in [2.24, 2.45) is 0 Å². The van der Waals surface area contributed by atoms with Gasteiger partial charge in [-0.2, -0.15) is 0 Å². The fourth-order valence-electron chi connectivity index (χ4n) is 2.99. The first-order chi connectivity index (χ1) is 16.4. The normalized spacial score (nSPS) is 12.2. The van der Waals surface area contributed by atoms with E-state index >= 15 is 0 Å². The van der Waals surface area contributed by atoms with E-state index in [9.17, 15) is 22.6 Å². The summed E-state index contributed by atoms with van der Waals surface area (Å²) in [7, 11) is -4.69. The summed E-state index contributed by atoms with van der Waals surface area (Å²) in [5.74, 6) is -1.81. The fourth-order valence-corrected chi connectivity index (χ4v) is 10.7. The summed E-state index contributed by atoms with van der Waals surface area (Å²) >= 11 is 9.76. The number of esters is 2. The molecular weight excluding hydrogens is 1040 g/mol. The molecule has 0 fully saturated rings. The van der Waals surface area contributed by atoms with Crippen LogP contribution >= 0.6 is 113 Å². The van der Waals surface area contributed by atoms with Gasteiger partial charge in [0.15, 0.2) is 5.75 Å². The van der Waals surface area contributed by atoms with Crippen molar-refractivity contribution < 1.29 is 32.0 Å². The van der Waals surface area contributed by atoms with Gasteiger partial charge in [-0.05, 0) is 143 Å². The molecule has 3 aromatic rings. The van der Waals surface area contributed by atoms with Crippen LogP contribution in [0.3, 0.4) is 0 Å². The molecule has 184 valence electrons. The van der Waals surface area contributed by atoms with E-state index in [-0.39, 0.29) is 24.2 Å². The van der Waals surface area contributed by atoms with Gasteiger partial charge in [0.05, 0.1) is 24.4 Å². The molecule has 0 aliphatic heterocycles. The molecule has 3 rings (SSSR count). The number of halogens is 5. The first-order valence-corrected chi connectivity index (χ1v) is 16.2. The monoisotopic (exact) mass is 1050 g/mol. The van der Waals surface area contributed by atoms with E-state index in [4.69, 9.17) is 9.47 Å². The van der Waals surface area contributed by atoms with E-state index in [1.54, 1.807) is 75.5 Å². The molecule has 0 saturated carbocycles. The average Bonchev–Trinajstić information content (AvgIpc) is 2.73. The number of hydrogen-bond acceptors (Lipinski definition) is 7. The predicted molar refractivity (Wildman–Crippen MR) is 170 cm³/mol. The van der Waals surface area contributed by atoms with Crippen molar-refractivity contribution in [3.05, 3.63) is 78.0 Å². The maximum Gasteiger partial charge on any atom is 0.319 e. The molecule has 0 aliphatic carbocycles. The zero-order chi connectivity index (χ0) is 25.9. The van der Waals surface area contributed by atoms with Gasteiger partial charge < -0.3 is 14.0 Å². The second kappa shape index (κ2) is 12.8.